The number of pyridine rings is 1. The second-order valence-corrected chi connectivity index (χ2v) is 5.33. The third-order valence-corrected chi connectivity index (χ3v) is 3.38. The van der Waals surface area contributed by atoms with Crippen molar-refractivity contribution in [2.45, 2.75) is 6.92 Å². The van der Waals surface area contributed by atoms with Gasteiger partial charge in [0.2, 0.25) is 0 Å². The molecule has 5 heteroatoms. The van der Waals surface area contributed by atoms with E-state index in [2.05, 4.69) is 15.5 Å². The van der Waals surface area contributed by atoms with Gasteiger partial charge in [-0.25, -0.2) is 4.39 Å². The molecule has 1 aromatic heterocycles. The standard InChI is InChI=1S/C17H13ClFN3/c1-11-7-17(15-6-5-14(19)9-16(15)21-11)22-20-10-12-3-2-4-13(18)8-12/h2-10H,1H3,(H,21,22)/b20-10+. The van der Waals surface area contributed by atoms with Gasteiger partial charge in [0, 0.05) is 22.2 Å². The predicted octanol–water partition coefficient (Wildman–Crippen LogP) is 4.78. The van der Waals surface area contributed by atoms with E-state index in [4.69, 9.17) is 11.6 Å². The Labute approximate surface area is 132 Å². The maximum atomic E-state index is 13.3. The van der Waals surface area contributed by atoms with Crippen LogP contribution in [-0.4, -0.2) is 11.2 Å². The average molecular weight is 314 g/mol. The molecule has 3 nitrogen and oxygen atoms in total. The maximum absolute atomic E-state index is 13.3. The van der Waals surface area contributed by atoms with Crippen LogP contribution in [0.5, 0.6) is 0 Å². The van der Waals surface area contributed by atoms with Crippen LogP contribution in [0.3, 0.4) is 0 Å². The lowest BCUT2D eigenvalue weighted by atomic mass is 10.1. The molecule has 3 aromatic rings. The van der Waals surface area contributed by atoms with Gasteiger partial charge in [-0.3, -0.25) is 10.4 Å². The summed E-state index contributed by atoms with van der Waals surface area (Å²) >= 11 is 5.93. The number of anilines is 1. The van der Waals surface area contributed by atoms with E-state index in [1.807, 2.05) is 31.2 Å². The third-order valence-electron chi connectivity index (χ3n) is 3.15. The molecular formula is C17H13ClFN3. The van der Waals surface area contributed by atoms with Crippen molar-refractivity contribution in [1.29, 1.82) is 0 Å². The lowest BCUT2D eigenvalue weighted by Gasteiger charge is -2.07. The molecule has 0 fully saturated rings. The molecular weight excluding hydrogens is 301 g/mol. The molecule has 0 bridgehead atoms. The topological polar surface area (TPSA) is 37.3 Å². The predicted molar refractivity (Wildman–Crippen MR) is 89.1 cm³/mol. The van der Waals surface area contributed by atoms with Crippen LogP contribution >= 0.6 is 11.6 Å². The van der Waals surface area contributed by atoms with Crippen molar-refractivity contribution in [2.24, 2.45) is 5.10 Å². The highest BCUT2D eigenvalue weighted by atomic mass is 35.5. The first-order valence-electron chi connectivity index (χ1n) is 6.73. The summed E-state index contributed by atoms with van der Waals surface area (Å²) in [5.41, 5.74) is 6.04. The van der Waals surface area contributed by atoms with Crippen LogP contribution in [-0.2, 0) is 0 Å². The number of hydrogen-bond acceptors (Lipinski definition) is 3. The van der Waals surface area contributed by atoms with E-state index in [1.54, 1.807) is 18.3 Å². The Balaban J connectivity index is 1.90. The van der Waals surface area contributed by atoms with E-state index in [0.29, 0.717) is 10.5 Å². The van der Waals surface area contributed by atoms with Crippen LogP contribution < -0.4 is 5.43 Å². The minimum Gasteiger partial charge on any atom is -0.278 e. The van der Waals surface area contributed by atoms with Crippen LogP contribution in [0.1, 0.15) is 11.3 Å². The highest BCUT2D eigenvalue weighted by molar-refractivity contribution is 6.30. The Morgan fingerprint density at radius 2 is 2.05 bits per heavy atom. The number of hydrazone groups is 1. The van der Waals surface area contributed by atoms with Crippen LogP contribution in [0.4, 0.5) is 10.1 Å². The van der Waals surface area contributed by atoms with Crippen LogP contribution in [0, 0.1) is 12.7 Å². The van der Waals surface area contributed by atoms with Gasteiger partial charge in [-0.05, 0) is 42.8 Å². The summed E-state index contributed by atoms with van der Waals surface area (Å²) in [7, 11) is 0. The highest BCUT2D eigenvalue weighted by Crippen LogP contribution is 2.23. The van der Waals surface area contributed by atoms with E-state index in [9.17, 15) is 4.39 Å². The molecule has 110 valence electrons. The molecule has 3 rings (SSSR count). The van der Waals surface area contributed by atoms with Gasteiger partial charge in [-0.1, -0.05) is 23.7 Å². The molecule has 0 spiro atoms. The number of nitrogens with one attached hydrogen (secondary N) is 1. The molecule has 0 saturated carbocycles. The minimum atomic E-state index is -0.307. The van der Waals surface area contributed by atoms with Gasteiger partial charge in [0.05, 0.1) is 17.4 Å². The van der Waals surface area contributed by atoms with Crippen molar-refractivity contribution in [3.05, 3.63) is 70.6 Å². The Kier molecular flexibility index (Phi) is 4.02. The van der Waals surface area contributed by atoms with Crippen LogP contribution in [0.25, 0.3) is 10.9 Å². The first kappa shape index (κ1) is 14.5. The molecule has 0 aliphatic heterocycles. The molecule has 0 aliphatic rings. The maximum Gasteiger partial charge on any atom is 0.125 e. The minimum absolute atomic E-state index is 0.307. The first-order valence-corrected chi connectivity index (χ1v) is 7.11. The van der Waals surface area contributed by atoms with Crippen molar-refractivity contribution in [2.75, 3.05) is 5.43 Å². The summed E-state index contributed by atoms with van der Waals surface area (Å²) < 4.78 is 13.3. The van der Waals surface area contributed by atoms with Gasteiger partial charge in [0.1, 0.15) is 5.82 Å². The quantitative estimate of drug-likeness (QED) is 0.558. The Bertz CT molecular complexity index is 856. The lowest BCUT2D eigenvalue weighted by molar-refractivity contribution is 0.629. The lowest BCUT2D eigenvalue weighted by Crippen LogP contribution is -1.95. The number of fused-ring (bicyclic) bond motifs is 1. The molecule has 0 atom stereocenters. The summed E-state index contributed by atoms with van der Waals surface area (Å²) in [5.74, 6) is -0.307. The molecule has 1 heterocycles. The van der Waals surface area contributed by atoms with Crippen LogP contribution in [0.2, 0.25) is 5.02 Å². The Hall–Kier alpha value is -2.46. The van der Waals surface area contributed by atoms with Crippen molar-refractivity contribution < 1.29 is 4.39 Å². The fraction of sp³-hybridized carbons (Fsp3) is 0.0588. The third kappa shape index (κ3) is 3.23. The Morgan fingerprint density at radius 1 is 1.18 bits per heavy atom. The number of nitrogens with zero attached hydrogens (tertiary/aromatic N) is 2. The molecule has 0 aliphatic carbocycles. The number of halogens is 2. The van der Waals surface area contributed by atoms with E-state index < -0.39 is 0 Å². The SMILES string of the molecule is Cc1cc(N/N=C/c2cccc(Cl)c2)c2ccc(F)cc2n1. The van der Waals surface area contributed by atoms with Gasteiger partial charge in [-0.15, -0.1) is 0 Å². The van der Waals surface area contributed by atoms with E-state index in [1.165, 1.54) is 12.1 Å². The zero-order valence-electron chi connectivity index (χ0n) is 11.8. The van der Waals surface area contributed by atoms with Crippen molar-refractivity contribution in [3.63, 3.8) is 0 Å². The molecule has 0 radical (unpaired) electrons. The number of aryl methyl sites for hydroxylation is 1. The van der Waals surface area contributed by atoms with Crippen molar-refractivity contribution in [3.8, 4) is 0 Å². The second kappa shape index (κ2) is 6.12. The van der Waals surface area contributed by atoms with Gasteiger partial charge in [0.25, 0.3) is 0 Å². The second-order valence-electron chi connectivity index (χ2n) is 4.90. The summed E-state index contributed by atoms with van der Waals surface area (Å²) in [6.45, 7) is 1.86. The van der Waals surface area contributed by atoms with Gasteiger partial charge in [0.15, 0.2) is 0 Å². The highest BCUT2D eigenvalue weighted by Gasteiger charge is 2.04. The van der Waals surface area contributed by atoms with E-state index >= 15 is 0 Å². The summed E-state index contributed by atoms with van der Waals surface area (Å²) in [4.78, 5) is 4.33. The van der Waals surface area contributed by atoms with E-state index in [-0.39, 0.29) is 5.82 Å². The Morgan fingerprint density at radius 3 is 2.86 bits per heavy atom. The zero-order valence-corrected chi connectivity index (χ0v) is 12.6. The van der Waals surface area contributed by atoms with Gasteiger partial charge in [-0.2, -0.15) is 5.10 Å². The van der Waals surface area contributed by atoms with Gasteiger partial charge < -0.3 is 0 Å². The van der Waals surface area contributed by atoms with Crippen molar-refractivity contribution in [1.82, 2.24) is 4.98 Å². The molecule has 0 amide bonds. The zero-order chi connectivity index (χ0) is 15.5. The molecule has 22 heavy (non-hydrogen) atoms. The monoisotopic (exact) mass is 313 g/mol. The molecule has 0 saturated heterocycles. The van der Waals surface area contributed by atoms with E-state index in [0.717, 1.165) is 22.3 Å². The summed E-state index contributed by atoms with van der Waals surface area (Å²) in [6, 6.07) is 13.8. The average Bonchev–Trinajstić information content (AvgIpc) is 2.46. The molecule has 0 unspecified atom stereocenters. The van der Waals surface area contributed by atoms with Gasteiger partial charge >= 0.3 is 0 Å². The molecule has 2 aromatic carbocycles. The number of rotatable bonds is 3. The number of aromatic nitrogens is 1. The smallest absolute Gasteiger partial charge is 0.125 e. The number of hydrogen-bond donors (Lipinski definition) is 1. The summed E-state index contributed by atoms with van der Waals surface area (Å²) in [5, 5.41) is 5.68. The number of benzene rings is 2. The fourth-order valence-electron chi connectivity index (χ4n) is 2.19. The fourth-order valence-corrected chi connectivity index (χ4v) is 2.39. The molecule has 1 N–H and O–H groups in total. The van der Waals surface area contributed by atoms with Crippen LogP contribution in [0.15, 0.2) is 53.6 Å². The summed E-state index contributed by atoms with van der Waals surface area (Å²) in [6.07, 6.45) is 1.68. The van der Waals surface area contributed by atoms with Crippen molar-refractivity contribution >= 4 is 34.4 Å². The largest absolute Gasteiger partial charge is 0.278 e. The normalized spacial score (nSPS) is 11.2. The first-order chi connectivity index (χ1) is 10.6.